The maximum absolute atomic E-state index is 11.5. The molecule has 0 amide bonds. The number of ether oxygens (including phenoxy) is 1. The standard InChI is InChI=1S/C17H29N3O3/c1-3-5-6-7-8-9-12-19-17(18)20-13-14-10-11-15(23-14)16(21)22-4-2/h10-11H,3-9,12-13H2,1-2H3,(H3,18,19,20). The number of guanidine groups is 1. The van der Waals surface area contributed by atoms with Gasteiger partial charge in [-0.1, -0.05) is 39.0 Å². The van der Waals surface area contributed by atoms with Crippen molar-refractivity contribution in [3.63, 3.8) is 0 Å². The summed E-state index contributed by atoms with van der Waals surface area (Å²) >= 11 is 0. The van der Waals surface area contributed by atoms with Gasteiger partial charge in [0.15, 0.2) is 5.96 Å². The van der Waals surface area contributed by atoms with Crippen molar-refractivity contribution in [2.24, 2.45) is 10.7 Å². The molecular weight excluding hydrogens is 294 g/mol. The highest BCUT2D eigenvalue weighted by Crippen LogP contribution is 2.10. The molecular formula is C17H29N3O3. The molecule has 1 aromatic rings. The lowest BCUT2D eigenvalue weighted by Gasteiger charge is -2.05. The topological polar surface area (TPSA) is 89.8 Å². The number of hydrogen-bond donors (Lipinski definition) is 2. The van der Waals surface area contributed by atoms with E-state index < -0.39 is 5.97 Å². The molecule has 23 heavy (non-hydrogen) atoms. The average molecular weight is 323 g/mol. The molecule has 0 aromatic carbocycles. The molecule has 3 N–H and O–H groups in total. The maximum atomic E-state index is 11.5. The van der Waals surface area contributed by atoms with Crippen molar-refractivity contribution in [1.29, 1.82) is 0 Å². The van der Waals surface area contributed by atoms with Crippen molar-refractivity contribution in [3.05, 3.63) is 23.7 Å². The first-order valence-corrected chi connectivity index (χ1v) is 8.47. The molecule has 0 saturated heterocycles. The summed E-state index contributed by atoms with van der Waals surface area (Å²) in [7, 11) is 0. The van der Waals surface area contributed by atoms with Crippen LogP contribution in [-0.4, -0.2) is 25.1 Å². The molecule has 6 nitrogen and oxygen atoms in total. The number of carbonyl (C=O) groups excluding carboxylic acids is 1. The minimum Gasteiger partial charge on any atom is -0.460 e. The Morgan fingerprint density at radius 1 is 1.22 bits per heavy atom. The van der Waals surface area contributed by atoms with Crippen LogP contribution in [-0.2, 0) is 11.3 Å². The van der Waals surface area contributed by atoms with Crippen LogP contribution >= 0.6 is 0 Å². The first kappa shape index (κ1) is 19.1. The molecule has 0 radical (unpaired) electrons. The predicted molar refractivity (Wildman–Crippen MR) is 91.4 cm³/mol. The third-order valence-electron chi connectivity index (χ3n) is 3.38. The van der Waals surface area contributed by atoms with E-state index in [4.69, 9.17) is 14.9 Å². The molecule has 1 heterocycles. The van der Waals surface area contributed by atoms with Crippen molar-refractivity contribution in [2.75, 3.05) is 13.2 Å². The van der Waals surface area contributed by atoms with Crippen molar-refractivity contribution in [2.45, 2.75) is 58.9 Å². The molecule has 0 bridgehead atoms. The Morgan fingerprint density at radius 3 is 2.70 bits per heavy atom. The molecule has 0 unspecified atom stereocenters. The Bertz CT molecular complexity index is 483. The van der Waals surface area contributed by atoms with Gasteiger partial charge < -0.3 is 20.2 Å². The van der Waals surface area contributed by atoms with Crippen molar-refractivity contribution in [1.82, 2.24) is 5.32 Å². The predicted octanol–water partition coefficient (Wildman–Crippen LogP) is 3.22. The van der Waals surface area contributed by atoms with Crippen LogP contribution < -0.4 is 11.1 Å². The molecule has 0 aliphatic heterocycles. The Balaban J connectivity index is 2.22. The number of unbranched alkanes of at least 4 members (excludes halogenated alkanes) is 5. The van der Waals surface area contributed by atoms with E-state index in [0.29, 0.717) is 24.9 Å². The van der Waals surface area contributed by atoms with Gasteiger partial charge in [0, 0.05) is 6.54 Å². The van der Waals surface area contributed by atoms with E-state index in [9.17, 15) is 4.79 Å². The second kappa shape index (κ2) is 11.6. The fraction of sp³-hybridized carbons (Fsp3) is 0.647. The third-order valence-corrected chi connectivity index (χ3v) is 3.38. The molecule has 0 aliphatic carbocycles. The van der Waals surface area contributed by atoms with Crippen LogP contribution in [0.25, 0.3) is 0 Å². The molecule has 6 heteroatoms. The van der Waals surface area contributed by atoms with Crippen LogP contribution in [0.4, 0.5) is 0 Å². The first-order chi connectivity index (χ1) is 11.2. The molecule has 0 aliphatic rings. The number of esters is 1. The SMILES string of the molecule is CCCCCCCCNC(N)=NCc1ccc(C(=O)OCC)o1. The van der Waals surface area contributed by atoms with Gasteiger partial charge in [0.25, 0.3) is 0 Å². The fourth-order valence-electron chi connectivity index (χ4n) is 2.12. The summed E-state index contributed by atoms with van der Waals surface area (Å²) in [5.74, 6) is 0.706. The van der Waals surface area contributed by atoms with E-state index in [1.165, 1.54) is 32.1 Å². The zero-order chi connectivity index (χ0) is 16.9. The third kappa shape index (κ3) is 8.28. The van der Waals surface area contributed by atoms with E-state index >= 15 is 0 Å². The number of rotatable bonds is 11. The van der Waals surface area contributed by atoms with Crippen LogP contribution in [0.5, 0.6) is 0 Å². The highest BCUT2D eigenvalue weighted by atomic mass is 16.5. The van der Waals surface area contributed by atoms with E-state index in [2.05, 4.69) is 17.2 Å². The van der Waals surface area contributed by atoms with Gasteiger partial charge in [-0.05, 0) is 25.5 Å². The number of nitrogens with zero attached hydrogens (tertiary/aromatic N) is 1. The lowest BCUT2D eigenvalue weighted by atomic mass is 10.1. The minimum absolute atomic E-state index is 0.190. The number of nitrogens with two attached hydrogens (primary N) is 1. The Labute approximate surface area is 138 Å². The number of aliphatic imine (C=N–C) groups is 1. The van der Waals surface area contributed by atoms with Crippen LogP contribution in [0.15, 0.2) is 21.5 Å². The normalized spacial score (nSPS) is 11.5. The molecule has 0 saturated carbocycles. The largest absolute Gasteiger partial charge is 0.460 e. The van der Waals surface area contributed by atoms with Gasteiger partial charge in [-0.25, -0.2) is 9.79 Å². The lowest BCUT2D eigenvalue weighted by molar-refractivity contribution is 0.0488. The van der Waals surface area contributed by atoms with E-state index in [0.717, 1.165) is 13.0 Å². The molecule has 0 spiro atoms. The summed E-state index contributed by atoms with van der Waals surface area (Å²) in [6.07, 6.45) is 7.46. The van der Waals surface area contributed by atoms with E-state index in [1.54, 1.807) is 19.1 Å². The summed E-state index contributed by atoms with van der Waals surface area (Å²) in [6.45, 7) is 5.42. The molecule has 1 aromatic heterocycles. The van der Waals surface area contributed by atoms with Crippen LogP contribution in [0.1, 0.15) is 68.7 Å². The van der Waals surface area contributed by atoms with Gasteiger partial charge in [0.1, 0.15) is 12.3 Å². The zero-order valence-corrected chi connectivity index (χ0v) is 14.3. The van der Waals surface area contributed by atoms with Gasteiger partial charge in [-0.15, -0.1) is 0 Å². The number of furan rings is 1. The Kier molecular flexibility index (Phi) is 9.59. The highest BCUT2D eigenvalue weighted by Gasteiger charge is 2.11. The minimum atomic E-state index is -0.461. The Hall–Kier alpha value is -1.98. The lowest BCUT2D eigenvalue weighted by Crippen LogP contribution is -2.32. The zero-order valence-electron chi connectivity index (χ0n) is 14.3. The van der Waals surface area contributed by atoms with Crippen molar-refractivity contribution >= 4 is 11.9 Å². The first-order valence-electron chi connectivity index (χ1n) is 8.47. The molecule has 130 valence electrons. The quantitative estimate of drug-likeness (QED) is 0.282. The number of hydrogen-bond acceptors (Lipinski definition) is 4. The highest BCUT2D eigenvalue weighted by molar-refractivity contribution is 5.86. The molecule has 0 fully saturated rings. The monoisotopic (exact) mass is 323 g/mol. The number of nitrogens with one attached hydrogen (secondary N) is 1. The van der Waals surface area contributed by atoms with Crippen LogP contribution in [0.3, 0.4) is 0 Å². The smallest absolute Gasteiger partial charge is 0.374 e. The number of carbonyl (C=O) groups is 1. The van der Waals surface area contributed by atoms with Crippen LogP contribution in [0.2, 0.25) is 0 Å². The summed E-state index contributed by atoms with van der Waals surface area (Å²) in [4.78, 5) is 15.7. The summed E-state index contributed by atoms with van der Waals surface area (Å²) < 4.78 is 10.2. The van der Waals surface area contributed by atoms with Gasteiger partial charge in [0.05, 0.1) is 6.61 Å². The summed E-state index contributed by atoms with van der Waals surface area (Å²) in [5, 5.41) is 3.09. The maximum Gasteiger partial charge on any atom is 0.374 e. The van der Waals surface area contributed by atoms with Crippen molar-refractivity contribution < 1.29 is 13.9 Å². The molecule has 1 rings (SSSR count). The molecule has 0 atom stereocenters. The van der Waals surface area contributed by atoms with E-state index in [1.807, 2.05) is 0 Å². The van der Waals surface area contributed by atoms with Gasteiger partial charge in [-0.2, -0.15) is 0 Å². The average Bonchev–Trinajstić information content (AvgIpc) is 3.01. The van der Waals surface area contributed by atoms with Gasteiger partial charge in [-0.3, -0.25) is 0 Å². The van der Waals surface area contributed by atoms with Crippen molar-refractivity contribution in [3.8, 4) is 0 Å². The second-order valence-electron chi connectivity index (χ2n) is 5.38. The van der Waals surface area contributed by atoms with Gasteiger partial charge >= 0.3 is 5.97 Å². The second-order valence-corrected chi connectivity index (χ2v) is 5.38. The fourth-order valence-corrected chi connectivity index (χ4v) is 2.12. The summed E-state index contributed by atoms with van der Waals surface area (Å²) in [5.41, 5.74) is 5.80. The van der Waals surface area contributed by atoms with E-state index in [-0.39, 0.29) is 5.76 Å². The van der Waals surface area contributed by atoms with Crippen LogP contribution in [0, 0.1) is 0 Å². The summed E-state index contributed by atoms with van der Waals surface area (Å²) in [6, 6.07) is 3.29. The van der Waals surface area contributed by atoms with Gasteiger partial charge in [0.2, 0.25) is 5.76 Å². The Morgan fingerprint density at radius 2 is 1.96 bits per heavy atom.